The molecule has 1 unspecified atom stereocenters. The zero-order valence-electron chi connectivity index (χ0n) is 20.9. The van der Waals surface area contributed by atoms with Crippen LogP contribution in [-0.2, 0) is 14.3 Å². The lowest BCUT2D eigenvalue weighted by atomic mass is 9.94. The highest BCUT2D eigenvalue weighted by atomic mass is 16.6. The molecule has 2 aromatic carbocycles. The number of anilines is 2. The maximum absolute atomic E-state index is 13.0. The lowest BCUT2D eigenvalue weighted by Gasteiger charge is -2.35. The van der Waals surface area contributed by atoms with Crippen molar-refractivity contribution in [2.45, 2.75) is 26.3 Å². The summed E-state index contributed by atoms with van der Waals surface area (Å²) in [5.41, 5.74) is 2.54. The molecular formula is C26H32N4O6. The summed E-state index contributed by atoms with van der Waals surface area (Å²) in [5.74, 6) is 0.0804. The third-order valence-electron chi connectivity index (χ3n) is 5.59. The van der Waals surface area contributed by atoms with Crippen molar-refractivity contribution < 1.29 is 28.6 Å². The highest BCUT2D eigenvalue weighted by molar-refractivity contribution is 6.00. The van der Waals surface area contributed by atoms with Gasteiger partial charge in [-0.15, -0.1) is 0 Å². The van der Waals surface area contributed by atoms with Gasteiger partial charge in [0, 0.05) is 36.8 Å². The van der Waals surface area contributed by atoms with E-state index in [-0.39, 0.29) is 19.2 Å². The Morgan fingerprint density at radius 1 is 1.03 bits per heavy atom. The van der Waals surface area contributed by atoms with Crippen LogP contribution in [-0.4, -0.2) is 56.9 Å². The Kier molecular flexibility index (Phi) is 9.29. The number of allylic oxidation sites excluding steroid dienone is 1. The molecule has 4 amide bonds. The molecule has 0 bridgehead atoms. The van der Waals surface area contributed by atoms with Crippen molar-refractivity contribution >= 4 is 29.4 Å². The monoisotopic (exact) mass is 496 g/mol. The number of methoxy groups -OCH3 is 2. The van der Waals surface area contributed by atoms with Crippen molar-refractivity contribution in [1.29, 1.82) is 0 Å². The Bertz CT molecular complexity index is 1130. The van der Waals surface area contributed by atoms with Crippen LogP contribution in [0.5, 0.6) is 5.75 Å². The Balaban J connectivity index is 1.84. The van der Waals surface area contributed by atoms with Crippen LogP contribution in [0.1, 0.15) is 31.9 Å². The van der Waals surface area contributed by atoms with E-state index in [1.807, 2.05) is 6.92 Å². The second-order valence-corrected chi connectivity index (χ2v) is 8.10. The number of amides is 4. The van der Waals surface area contributed by atoms with Gasteiger partial charge in [0.05, 0.1) is 25.3 Å². The zero-order valence-corrected chi connectivity index (χ0v) is 20.9. The second-order valence-electron chi connectivity index (χ2n) is 8.10. The first kappa shape index (κ1) is 26.6. The van der Waals surface area contributed by atoms with Crippen LogP contribution in [0, 0.1) is 0 Å². The van der Waals surface area contributed by atoms with Crippen molar-refractivity contribution in [2.24, 2.45) is 0 Å². The number of carbonyl (C=O) groups is 3. The third kappa shape index (κ3) is 6.54. The van der Waals surface area contributed by atoms with Crippen molar-refractivity contribution in [1.82, 2.24) is 10.2 Å². The van der Waals surface area contributed by atoms with Gasteiger partial charge in [0.25, 0.3) is 0 Å². The van der Waals surface area contributed by atoms with Crippen LogP contribution in [0.25, 0.3) is 0 Å². The van der Waals surface area contributed by atoms with E-state index >= 15 is 0 Å². The van der Waals surface area contributed by atoms with E-state index in [1.165, 1.54) is 12.0 Å². The van der Waals surface area contributed by atoms with E-state index in [4.69, 9.17) is 14.2 Å². The lowest BCUT2D eigenvalue weighted by Crippen LogP contribution is -2.48. The Morgan fingerprint density at radius 2 is 1.72 bits per heavy atom. The average Bonchev–Trinajstić information content (AvgIpc) is 2.86. The molecule has 3 N–H and O–H groups in total. The van der Waals surface area contributed by atoms with Crippen molar-refractivity contribution in [3.05, 3.63) is 65.4 Å². The minimum atomic E-state index is -0.746. The van der Waals surface area contributed by atoms with Crippen molar-refractivity contribution in [2.75, 3.05) is 44.6 Å². The summed E-state index contributed by atoms with van der Waals surface area (Å²) in [5, 5.41) is 8.44. The molecule has 3 rings (SSSR count). The fourth-order valence-corrected chi connectivity index (χ4v) is 3.87. The molecule has 1 aliphatic heterocycles. The number of ether oxygens (including phenoxy) is 3. The van der Waals surface area contributed by atoms with Gasteiger partial charge in [-0.3, -0.25) is 4.90 Å². The molecule has 2 aromatic rings. The van der Waals surface area contributed by atoms with Gasteiger partial charge < -0.3 is 30.2 Å². The van der Waals surface area contributed by atoms with Crippen molar-refractivity contribution in [3.63, 3.8) is 0 Å². The molecule has 0 fully saturated rings. The number of hydrogen-bond donors (Lipinski definition) is 3. The number of urea groups is 2. The Hall–Kier alpha value is -4.05. The van der Waals surface area contributed by atoms with Gasteiger partial charge >= 0.3 is 18.0 Å². The minimum Gasteiger partial charge on any atom is -0.497 e. The van der Waals surface area contributed by atoms with Crippen molar-refractivity contribution in [3.8, 4) is 5.75 Å². The van der Waals surface area contributed by atoms with Crippen LogP contribution >= 0.6 is 0 Å². The second kappa shape index (κ2) is 12.6. The van der Waals surface area contributed by atoms with E-state index in [9.17, 15) is 14.4 Å². The summed E-state index contributed by atoms with van der Waals surface area (Å²) in [4.78, 5) is 40.0. The predicted octanol–water partition coefficient (Wildman–Crippen LogP) is 4.28. The number of nitrogens with zero attached hydrogens (tertiary/aromatic N) is 1. The zero-order chi connectivity index (χ0) is 26.1. The molecule has 0 aliphatic carbocycles. The molecule has 192 valence electrons. The molecule has 1 aliphatic rings. The first-order chi connectivity index (χ1) is 17.4. The van der Waals surface area contributed by atoms with Crippen LogP contribution < -0.4 is 20.7 Å². The molecule has 0 aromatic heterocycles. The summed E-state index contributed by atoms with van der Waals surface area (Å²) in [6.45, 7) is 4.50. The van der Waals surface area contributed by atoms with E-state index in [0.717, 1.165) is 6.42 Å². The Morgan fingerprint density at radius 3 is 2.39 bits per heavy atom. The highest BCUT2D eigenvalue weighted by Gasteiger charge is 2.36. The van der Waals surface area contributed by atoms with Gasteiger partial charge in [0.1, 0.15) is 12.4 Å². The van der Waals surface area contributed by atoms with Crippen LogP contribution in [0.3, 0.4) is 0 Å². The smallest absolute Gasteiger partial charge is 0.338 e. The fourth-order valence-electron chi connectivity index (χ4n) is 3.87. The number of benzene rings is 2. The lowest BCUT2D eigenvalue weighted by molar-refractivity contribution is -0.140. The summed E-state index contributed by atoms with van der Waals surface area (Å²) in [6.07, 6.45) is 0.725. The third-order valence-corrected chi connectivity index (χ3v) is 5.59. The van der Waals surface area contributed by atoms with E-state index in [0.29, 0.717) is 40.5 Å². The first-order valence-corrected chi connectivity index (χ1v) is 11.6. The normalized spacial score (nSPS) is 15.3. The largest absolute Gasteiger partial charge is 0.497 e. The van der Waals surface area contributed by atoms with Gasteiger partial charge in [0.2, 0.25) is 0 Å². The molecular weight excluding hydrogens is 464 g/mol. The molecule has 0 saturated carbocycles. The fraction of sp³-hybridized carbons (Fsp3) is 0.346. The molecule has 0 saturated heterocycles. The summed E-state index contributed by atoms with van der Waals surface area (Å²) >= 11 is 0. The maximum Gasteiger partial charge on any atom is 0.338 e. The molecule has 36 heavy (non-hydrogen) atoms. The molecule has 0 spiro atoms. The summed E-state index contributed by atoms with van der Waals surface area (Å²) in [7, 11) is 3.07. The summed E-state index contributed by atoms with van der Waals surface area (Å²) in [6, 6.07) is 12.4. The number of carbonyl (C=O) groups excluding carboxylic acids is 3. The maximum atomic E-state index is 13.0. The standard InChI is InChI=1S/C26H32N4O6/c1-5-12-30-17(2)22(24(31)36-14-13-34-3)23(29-26(30)33)18-8-6-9-19(15-18)27-25(32)28-20-10-7-11-21(16-20)35-4/h6-11,15-16,23H,5,12-14H2,1-4H3,(H,29,33)(H2,27,28,32). The minimum absolute atomic E-state index is 0.0899. The molecule has 0 radical (unpaired) electrons. The van der Waals surface area contributed by atoms with Crippen LogP contribution in [0.2, 0.25) is 0 Å². The highest BCUT2D eigenvalue weighted by Crippen LogP contribution is 2.32. The molecule has 10 heteroatoms. The quantitative estimate of drug-likeness (QED) is 0.334. The van der Waals surface area contributed by atoms with E-state index in [1.54, 1.807) is 62.6 Å². The molecule has 1 heterocycles. The number of hydrogen-bond acceptors (Lipinski definition) is 6. The first-order valence-electron chi connectivity index (χ1n) is 11.6. The predicted molar refractivity (Wildman–Crippen MR) is 136 cm³/mol. The van der Waals surface area contributed by atoms with Gasteiger partial charge in [0.15, 0.2) is 0 Å². The van der Waals surface area contributed by atoms with Gasteiger partial charge in [-0.05, 0) is 43.2 Å². The Labute approximate surface area is 210 Å². The van der Waals surface area contributed by atoms with E-state index < -0.39 is 18.0 Å². The average molecular weight is 497 g/mol. The SMILES string of the molecule is CCCN1C(=O)NC(c2cccc(NC(=O)Nc3cccc(OC)c3)c2)C(C(=O)OCCOC)=C1C. The number of rotatable bonds is 10. The van der Waals surface area contributed by atoms with E-state index in [2.05, 4.69) is 16.0 Å². The van der Waals surface area contributed by atoms with Gasteiger partial charge in [-0.1, -0.05) is 25.1 Å². The van der Waals surface area contributed by atoms with Gasteiger partial charge in [-0.2, -0.15) is 0 Å². The number of nitrogens with one attached hydrogen (secondary N) is 3. The van der Waals surface area contributed by atoms with Crippen LogP contribution in [0.4, 0.5) is 21.0 Å². The molecule has 1 atom stereocenters. The van der Waals surface area contributed by atoms with Gasteiger partial charge in [-0.25, -0.2) is 14.4 Å². The number of esters is 1. The summed E-state index contributed by atoms with van der Waals surface area (Å²) < 4.78 is 15.6. The molecule has 10 nitrogen and oxygen atoms in total. The topological polar surface area (TPSA) is 118 Å². The van der Waals surface area contributed by atoms with Crippen LogP contribution in [0.15, 0.2) is 59.8 Å².